The first kappa shape index (κ1) is 11.0. The molecule has 0 atom stereocenters. The fourth-order valence-electron chi connectivity index (χ4n) is 2.56. The van der Waals surface area contributed by atoms with Crippen molar-refractivity contribution < 1.29 is 4.79 Å². The Balaban J connectivity index is 2.09. The summed E-state index contributed by atoms with van der Waals surface area (Å²) in [5.41, 5.74) is 1.89. The molecule has 0 spiro atoms. The quantitative estimate of drug-likeness (QED) is 0.783. The molecule has 2 heteroatoms. The van der Waals surface area contributed by atoms with E-state index in [0.29, 0.717) is 6.42 Å². The largest absolute Gasteiger partial charge is 0.312 e. The van der Waals surface area contributed by atoms with Gasteiger partial charge in [-0.2, -0.15) is 0 Å². The van der Waals surface area contributed by atoms with Crippen LogP contribution in [0.25, 0.3) is 16.5 Å². The SMILES string of the molecule is C=C(c1cccc2ccccc12)N1CCCC1=O. The Morgan fingerprint density at radius 2 is 1.89 bits per heavy atom. The molecular formula is C16H15NO. The van der Waals surface area contributed by atoms with Crippen molar-refractivity contribution in [2.24, 2.45) is 0 Å². The van der Waals surface area contributed by atoms with Crippen molar-refractivity contribution in [1.29, 1.82) is 0 Å². The van der Waals surface area contributed by atoms with Crippen molar-refractivity contribution in [2.45, 2.75) is 12.8 Å². The first-order valence-corrected chi connectivity index (χ1v) is 6.25. The zero-order valence-electron chi connectivity index (χ0n) is 10.2. The summed E-state index contributed by atoms with van der Waals surface area (Å²) in [6.45, 7) is 4.91. The highest BCUT2D eigenvalue weighted by molar-refractivity contribution is 5.97. The van der Waals surface area contributed by atoms with Crippen molar-refractivity contribution in [3.63, 3.8) is 0 Å². The van der Waals surface area contributed by atoms with E-state index >= 15 is 0 Å². The number of hydrogen-bond acceptors (Lipinski definition) is 1. The third-order valence-corrected chi connectivity index (χ3v) is 3.50. The minimum atomic E-state index is 0.188. The first-order valence-electron chi connectivity index (χ1n) is 6.25. The van der Waals surface area contributed by atoms with Crippen LogP contribution in [-0.4, -0.2) is 17.4 Å². The van der Waals surface area contributed by atoms with Gasteiger partial charge in [0.05, 0.1) is 0 Å². The summed E-state index contributed by atoms with van der Waals surface area (Å²) >= 11 is 0. The van der Waals surface area contributed by atoms with Gasteiger partial charge in [0.1, 0.15) is 0 Å². The summed E-state index contributed by atoms with van der Waals surface area (Å²) in [4.78, 5) is 13.6. The van der Waals surface area contributed by atoms with Crippen LogP contribution in [0.5, 0.6) is 0 Å². The molecule has 18 heavy (non-hydrogen) atoms. The average molecular weight is 237 g/mol. The number of benzene rings is 2. The summed E-state index contributed by atoms with van der Waals surface area (Å²) < 4.78 is 0. The van der Waals surface area contributed by atoms with E-state index in [9.17, 15) is 4.79 Å². The van der Waals surface area contributed by atoms with Crippen molar-refractivity contribution in [2.75, 3.05) is 6.54 Å². The number of carbonyl (C=O) groups is 1. The molecule has 2 nitrogen and oxygen atoms in total. The predicted octanol–water partition coefficient (Wildman–Crippen LogP) is 3.43. The highest BCUT2D eigenvalue weighted by Crippen LogP contribution is 2.29. The maximum absolute atomic E-state index is 11.8. The van der Waals surface area contributed by atoms with E-state index in [0.717, 1.165) is 29.6 Å². The van der Waals surface area contributed by atoms with Crippen LogP contribution >= 0.6 is 0 Å². The lowest BCUT2D eigenvalue weighted by Gasteiger charge is -2.20. The molecule has 1 aliphatic rings. The van der Waals surface area contributed by atoms with Gasteiger partial charge in [-0.1, -0.05) is 49.0 Å². The van der Waals surface area contributed by atoms with E-state index in [2.05, 4.69) is 24.8 Å². The van der Waals surface area contributed by atoms with Crippen molar-refractivity contribution >= 4 is 22.4 Å². The normalized spacial score (nSPS) is 15.3. The highest BCUT2D eigenvalue weighted by Gasteiger charge is 2.23. The number of likely N-dealkylation sites (tertiary alicyclic amines) is 1. The molecule has 1 fully saturated rings. The number of amides is 1. The van der Waals surface area contributed by atoms with Crippen LogP contribution in [-0.2, 0) is 4.79 Å². The summed E-state index contributed by atoms with van der Waals surface area (Å²) in [6, 6.07) is 14.3. The molecule has 0 saturated carbocycles. The van der Waals surface area contributed by atoms with Crippen molar-refractivity contribution in [1.82, 2.24) is 4.90 Å². The van der Waals surface area contributed by atoms with Crippen LogP contribution in [0, 0.1) is 0 Å². The van der Waals surface area contributed by atoms with Gasteiger partial charge >= 0.3 is 0 Å². The Morgan fingerprint density at radius 1 is 1.11 bits per heavy atom. The van der Waals surface area contributed by atoms with Gasteiger partial charge in [0.15, 0.2) is 0 Å². The van der Waals surface area contributed by atoms with Crippen LogP contribution in [0.2, 0.25) is 0 Å². The molecule has 3 rings (SSSR count). The monoisotopic (exact) mass is 237 g/mol. The van der Waals surface area contributed by atoms with E-state index in [4.69, 9.17) is 0 Å². The van der Waals surface area contributed by atoms with E-state index in [-0.39, 0.29) is 5.91 Å². The lowest BCUT2D eigenvalue weighted by atomic mass is 10.0. The van der Waals surface area contributed by atoms with Crippen LogP contribution in [0.1, 0.15) is 18.4 Å². The minimum Gasteiger partial charge on any atom is -0.312 e. The summed E-state index contributed by atoms with van der Waals surface area (Å²) in [6.07, 6.45) is 1.58. The summed E-state index contributed by atoms with van der Waals surface area (Å²) in [5.74, 6) is 0.188. The zero-order valence-corrected chi connectivity index (χ0v) is 10.2. The molecule has 2 aromatic rings. The molecule has 0 aromatic heterocycles. The van der Waals surface area contributed by atoms with Crippen LogP contribution in [0.4, 0.5) is 0 Å². The molecule has 0 aliphatic carbocycles. The van der Waals surface area contributed by atoms with Crippen LogP contribution in [0.3, 0.4) is 0 Å². The minimum absolute atomic E-state index is 0.188. The molecule has 90 valence electrons. The molecule has 1 amide bonds. The van der Waals surface area contributed by atoms with Gasteiger partial charge in [0, 0.05) is 24.2 Å². The summed E-state index contributed by atoms with van der Waals surface area (Å²) in [7, 11) is 0. The number of carbonyl (C=O) groups excluding carboxylic acids is 1. The Bertz CT molecular complexity index is 625. The van der Waals surface area contributed by atoms with Gasteiger partial charge in [-0.15, -0.1) is 0 Å². The molecule has 0 radical (unpaired) electrons. The van der Waals surface area contributed by atoms with E-state index in [1.54, 1.807) is 0 Å². The van der Waals surface area contributed by atoms with Crippen LogP contribution < -0.4 is 0 Å². The van der Waals surface area contributed by atoms with Gasteiger partial charge in [-0.3, -0.25) is 4.79 Å². The molecule has 2 aromatic carbocycles. The second kappa shape index (κ2) is 4.30. The van der Waals surface area contributed by atoms with Gasteiger partial charge in [-0.05, 0) is 17.2 Å². The average Bonchev–Trinajstić information content (AvgIpc) is 2.83. The summed E-state index contributed by atoms with van der Waals surface area (Å²) in [5, 5.41) is 2.34. The number of nitrogens with zero attached hydrogens (tertiary/aromatic N) is 1. The zero-order chi connectivity index (χ0) is 12.5. The molecule has 0 unspecified atom stereocenters. The van der Waals surface area contributed by atoms with Crippen molar-refractivity contribution in [3.05, 3.63) is 54.6 Å². The topological polar surface area (TPSA) is 20.3 Å². The fourth-order valence-corrected chi connectivity index (χ4v) is 2.56. The van der Waals surface area contributed by atoms with Gasteiger partial charge < -0.3 is 4.90 Å². The van der Waals surface area contributed by atoms with Crippen LogP contribution in [0.15, 0.2) is 49.0 Å². The first-order chi connectivity index (χ1) is 8.77. The third kappa shape index (κ3) is 1.70. The van der Waals surface area contributed by atoms with E-state index in [1.807, 2.05) is 29.2 Å². The third-order valence-electron chi connectivity index (χ3n) is 3.50. The molecule has 1 saturated heterocycles. The van der Waals surface area contributed by atoms with Gasteiger partial charge in [0.2, 0.25) is 5.91 Å². The Kier molecular flexibility index (Phi) is 2.63. The number of fused-ring (bicyclic) bond motifs is 1. The Hall–Kier alpha value is -2.09. The highest BCUT2D eigenvalue weighted by atomic mass is 16.2. The standard InChI is InChI=1S/C16H15NO/c1-12(17-11-5-10-16(17)18)14-9-4-7-13-6-2-3-8-15(13)14/h2-4,6-9H,1,5,10-11H2. The second-order valence-electron chi connectivity index (χ2n) is 4.62. The second-order valence-corrected chi connectivity index (χ2v) is 4.62. The Morgan fingerprint density at radius 3 is 2.67 bits per heavy atom. The maximum atomic E-state index is 11.8. The molecular weight excluding hydrogens is 222 g/mol. The molecule has 1 heterocycles. The van der Waals surface area contributed by atoms with E-state index < -0.39 is 0 Å². The van der Waals surface area contributed by atoms with E-state index in [1.165, 1.54) is 5.39 Å². The number of rotatable bonds is 2. The predicted molar refractivity (Wildman–Crippen MR) is 73.9 cm³/mol. The smallest absolute Gasteiger partial charge is 0.227 e. The molecule has 1 aliphatic heterocycles. The van der Waals surface area contributed by atoms with Gasteiger partial charge in [-0.25, -0.2) is 0 Å². The molecule has 0 bridgehead atoms. The number of hydrogen-bond donors (Lipinski definition) is 0. The molecule has 0 N–H and O–H groups in total. The van der Waals surface area contributed by atoms with Gasteiger partial charge in [0.25, 0.3) is 0 Å². The fraction of sp³-hybridized carbons (Fsp3) is 0.188. The Labute approximate surface area is 107 Å². The lowest BCUT2D eigenvalue weighted by Crippen LogP contribution is -2.22. The lowest BCUT2D eigenvalue weighted by molar-refractivity contribution is -0.124. The van der Waals surface area contributed by atoms with Crippen molar-refractivity contribution in [3.8, 4) is 0 Å². The maximum Gasteiger partial charge on any atom is 0.227 e.